The van der Waals surface area contributed by atoms with E-state index in [4.69, 9.17) is 17.3 Å². The van der Waals surface area contributed by atoms with Crippen molar-refractivity contribution in [2.45, 2.75) is 38.1 Å². The van der Waals surface area contributed by atoms with E-state index < -0.39 is 0 Å². The third-order valence-corrected chi connectivity index (χ3v) is 2.73. The van der Waals surface area contributed by atoms with E-state index in [2.05, 4.69) is 20.3 Å². The fourth-order valence-corrected chi connectivity index (χ4v) is 2.03. The molecule has 0 aromatic carbocycles. The van der Waals surface area contributed by atoms with Gasteiger partial charge in [-0.15, -0.1) is 0 Å². The molecule has 1 aliphatic rings. The summed E-state index contributed by atoms with van der Waals surface area (Å²) in [6.07, 6.45) is 6.14. The lowest BCUT2D eigenvalue weighted by molar-refractivity contribution is 0.461. The van der Waals surface area contributed by atoms with Crippen LogP contribution in [0.4, 0.5) is 11.9 Å². The number of nitrogens with two attached hydrogens (primary N) is 1. The molecule has 0 aliphatic heterocycles. The van der Waals surface area contributed by atoms with E-state index in [-0.39, 0.29) is 11.2 Å². The molecular weight excluding hydrogens is 214 g/mol. The quantitative estimate of drug-likeness (QED) is 0.807. The first-order valence-electron chi connectivity index (χ1n) is 5.17. The molecule has 2 rings (SSSR count). The van der Waals surface area contributed by atoms with Crippen molar-refractivity contribution in [3.63, 3.8) is 0 Å². The van der Waals surface area contributed by atoms with Crippen molar-refractivity contribution in [1.82, 2.24) is 15.0 Å². The van der Waals surface area contributed by atoms with E-state index in [0.717, 1.165) is 12.8 Å². The van der Waals surface area contributed by atoms with Crippen LogP contribution in [-0.2, 0) is 0 Å². The minimum atomic E-state index is 0.140. The summed E-state index contributed by atoms with van der Waals surface area (Å²) in [5.74, 6) is 0.646. The Morgan fingerprint density at radius 3 is 2.53 bits per heavy atom. The molecule has 3 N–H and O–H groups in total. The highest BCUT2D eigenvalue weighted by Crippen LogP contribution is 2.20. The Balaban J connectivity index is 2.02. The SMILES string of the molecule is Nc1nc(Cl)nc(NC2CCCCC2)n1. The monoisotopic (exact) mass is 227 g/mol. The van der Waals surface area contributed by atoms with Gasteiger partial charge in [0, 0.05) is 6.04 Å². The van der Waals surface area contributed by atoms with Gasteiger partial charge in [0.2, 0.25) is 17.2 Å². The first-order valence-corrected chi connectivity index (χ1v) is 5.55. The number of rotatable bonds is 2. The highest BCUT2D eigenvalue weighted by molar-refractivity contribution is 6.28. The van der Waals surface area contributed by atoms with E-state index in [1.807, 2.05) is 0 Å². The molecule has 82 valence electrons. The van der Waals surface area contributed by atoms with Gasteiger partial charge < -0.3 is 11.1 Å². The molecule has 0 spiro atoms. The molecule has 0 amide bonds. The molecule has 0 saturated heterocycles. The van der Waals surface area contributed by atoms with Gasteiger partial charge in [0.25, 0.3) is 0 Å². The maximum Gasteiger partial charge on any atom is 0.229 e. The Hall–Kier alpha value is -1.10. The van der Waals surface area contributed by atoms with E-state index in [1.165, 1.54) is 19.3 Å². The lowest BCUT2D eigenvalue weighted by Crippen LogP contribution is -2.23. The second-order valence-corrected chi connectivity index (χ2v) is 4.10. The molecule has 15 heavy (non-hydrogen) atoms. The molecule has 1 aliphatic carbocycles. The summed E-state index contributed by atoms with van der Waals surface area (Å²) in [4.78, 5) is 11.7. The van der Waals surface area contributed by atoms with Crippen LogP contribution in [0.3, 0.4) is 0 Å². The number of hydrogen-bond donors (Lipinski definition) is 2. The summed E-state index contributed by atoms with van der Waals surface area (Å²) in [6.45, 7) is 0. The second kappa shape index (κ2) is 4.61. The normalized spacial score (nSPS) is 17.7. The largest absolute Gasteiger partial charge is 0.368 e. The Kier molecular flexibility index (Phi) is 3.20. The van der Waals surface area contributed by atoms with Crippen LogP contribution in [0.2, 0.25) is 5.28 Å². The lowest BCUT2D eigenvalue weighted by Gasteiger charge is -2.22. The van der Waals surface area contributed by atoms with Gasteiger partial charge in [-0.2, -0.15) is 15.0 Å². The fraction of sp³-hybridized carbons (Fsp3) is 0.667. The standard InChI is InChI=1S/C9H14ClN5/c10-7-13-8(11)15-9(14-7)12-6-4-2-1-3-5-6/h6H,1-5H2,(H3,11,12,13,14,15). The first-order chi connectivity index (χ1) is 7.24. The summed E-state index contributed by atoms with van der Waals surface area (Å²) >= 11 is 5.69. The first kappa shape index (κ1) is 10.4. The van der Waals surface area contributed by atoms with Gasteiger partial charge in [-0.3, -0.25) is 0 Å². The van der Waals surface area contributed by atoms with Crippen molar-refractivity contribution >= 4 is 23.5 Å². The number of aromatic nitrogens is 3. The van der Waals surface area contributed by atoms with Crippen LogP contribution >= 0.6 is 11.6 Å². The molecule has 0 radical (unpaired) electrons. The minimum absolute atomic E-state index is 0.140. The Bertz CT molecular complexity index is 317. The van der Waals surface area contributed by atoms with Gasteiger partial charge in [0.1, 0.15) is 0 Å². The van der Waals surface area contributed by atoms with Gasteiger partial charge in [-0.1, -0.05) is 19.3 Å². The average Bonchev–Trinajstić information content (AvgIpc) is 2.17. The van der Waals surface area contributed by atoms with Crippen molar-refractivity contribution in [1.29, 1.82) is 0 Å². The van der Waals surface area contributed by atoms with Crippen molar-refractivity contribution in [3.8, 4) is 0 Å². The van der Waals surface area contributed by atoms with Crippen molar-refractivity contribution in [3.05, 3.63) is 5.28 Å². The summed E-state index contributed by atoms with van der Waals surface area (Å²) < 4.78 is 0. The van der Waals surface area contributed by atoms with Crippen LogP contribution < -0.4 is 11.1 Å². The predicted molar refractivity (Wildman–Crippen MR) is 59.7 cm³/mol. The van der Waals surface area contributed by atoms with E-state index >= 15 is 0 Å². The Morgan fingerprint density at radius 1 is 1.13 bits per heavy atom. The summed E-state index contributed by atoms with van der Waals surface area (Å²) in [7, 11) is 0. The second-order valence-electron chi connectivity index (χ2n) is 3.77. The number of nitrogen functional groups attached to an aromatic ring is 1. The molecular formula is C9H14ClN5. The number of nitrogens with one attached hydrogen (secondary N) is 1. The van der Waals surface area contributed by atoms with Gasteiger partial charge >= 0.3 is 0 Å². The average molecular weight is 228 g/mol. The van der Waals surface area contributed by atoms with Crippen molar-refractivity contribution < 1.29 is 0 Å². The number of anilines is 2. The Labute approximate surface area is 93.5 Å². The third kappa shape index (κ3) is 2.92. The zero-order chi connectivity index (χ0) is 10.7. The zero-order valence-corrected chi connectivity index (χ0v) is 9.17. The van der Waals surface area contributed by atoms with E-state index in [0.29, 0.717) is 12.0 Å². The smallest absolute Gasteiger partial charge is 0.229 e. The lowest BCUT2D eigenvalue weighted by atomic mass is 9.96. The van der Waals surface area contributed by atoms with E-state index in [9.17, 15) is 0 Å². The number of hydrogen-bond acceptors (Lipinski definition) is 5. The topological polar surface area (TPSA) is 76.7 Å². The molecule has 1 heterocycles. The van der Waals surface area contributed by atoms with Crippen LogP contribution in [-0.4, -0.2) is 21.0 Å². The van der Waals surface area contributed by atoms with Crippen molar-refractivity contribution in [2.75, 3.05) is 11.1 Å². The predicted octanol–water partition coefficient (Wildman–Crippen LogP) is 1.85. The van der Waals surface area contributed by atoms with E-state index in [1.54, 1.807) is 0 Å². The molecule has 6 heteroatoms. The van der Waals surface area contributed by atoms with Gasteiger partial charge in [0.15, 0.2) is 0 Å². The molecule has 1 saturated carbocycles. The number of nitrogens with zero attached hydrogens (tertiary/aromatic N) is 3. The van der Waals surface area contributed by atoms with Gasteiger partial charge in [-0.25, -0.2) is 0 Å². The van der Waals surface area contributed by atoms with Crippen LogP contribution in [0.1, 0.15) is 32.1 Å². The highest BCUT2D eigenvalue weighted by Gasteiger charge is 2.14. The number of halogens is 1. The summed E-state index contributed by atoms with van der Waals surface area (Å²) in [5, 5.41) is 3.38. The maximum absolute atomic E-state index is 5.69. The minimum Gasteiger partial charge on any atom is -0.368 e. The van der Waals surface area contributed by atoms with Crippen LogP contribution in [0.25, 0.3) is 0 Å². The Morgan fingerprint density at radius 2 is 1.87 bits per heavy atom. The summed E-state index contributed by atoms with van der Waals surface area (Å²) in [5.41, 5.74) is 5.48. The van der Waals surface area contributed by atoms with Gasteiger partial charge in [0.05, 0.1) is 0 Å². The van der Waals surface area contributed by atoms with Crippen LogP contribution in [0.5, 0.6) is 0 Å². The van der Waals surface area contributed by atoms with Crippen molar-refractivity contribution in [2.24, 2.45) is 0 Å². The fourth-order valence-electron chi connectivity index (χ4n) is 1.86. The molecule has 0 unspecified atom stereocenters. The third-order valence-electron chi connectivity index (χ3n) is 2.56. The molecule has 0 bridgehead atoms. The van der Waals surface area contributed by atoms with Crippen LogP contribution in [0, 0.1) is 0 Å². The highest BCUT2D eigenvalue weighted by atomic mass is 35.5. The maximum atomic E-state index is 5.69. The molecule has 1 fully saturated rings. The zero-order valence-electron chi connectivity index (χ0n) is 8.41. The van der Waals surface area contributed by atoms with Crippen LogP contribution in [0.15, 0.2) is 0 Å². The molecule has 1 aromatic heterocycles. The molecule has 5 nitrogen and oxygen atoms in total. The van der Waals surface area contributed by atoms with Gasteiger partial charge in [-0.05, 0) is 24.4 Å². The molecule has 1 aromatic rings. The summed E-state index contributed by atoms with van der Waals surface area (Å²) in [6, 6.07) is 0.441. The molecule has 0 atom stereocenters.